The number of carbonyl (C=O) groups is 1. The van der Waals surface area contributed by atoms with Crippen LogP contribution in [0.4, 0.5) is 0 Å². The second-order valence-corrected chi connectivity index (χ2v) is 7.07. The SMILES string of the molecule is CC[C@H](NC(=O)c1ccc(C(C)(C)C)[nH]c1=O)c1ccc(OC)cc1. The van der Waals surface area contributed by atoms with Gasteiger partial charge in [-0.25, -0.2) is 0 Å². The first-order valence-electron chi connectivity index (χ1n) is 8.45. The van der Waals surface area contributed by atoms with Gasteiger partial charge >= 0.3 is 0 Å². The number of ether oxygens (including phenoxy) is 1. The van der Waals surface area contributed by atoms with Gasteiger partial charge in [-0.1, -0.05) is 39.8 Å². The molecule has 5 heteroatoms. The van der Waals surface area contributed by atoms with Crippen LogP contribution in [0, 0.1) is 0 Å². The minimum absolute atomic E-state index is 0.125. The highest BCUT2D eigenvalue weighted by atomic mass is 16.5. The van der Waals surface area contributed by atoms with E-state index in [0.29, 0.717) is 0 Å². The van der Waals surface area contributed by atoms with E-state index >= 15 is 0 Å². The zero-order valence-electron chi connectivity index (χ0n) is 15.5. The van der Waals surface area contributed by atoms with Gasteiger partial charge in [-0.05, 0) is 36.2 Å². The van der Waals surface area contributed by atoms with E-state index in [1.54, 1.807) is 19.2 Å². The van der Waals surface area contributed by atoms with Gasteiger partial charge in [0.15, 0.2) is 0 Å². The largest absolute Gasteiger partial charge is 0.497 e. The van der Waals surface area contributed by atoms with Crippen LogP contribution < -0.4 is 15.6 Å². The number of pyridine rings is 1. The first-order chi connectivity index (χ1) is 11.8. The first kappa shape index (κ1) is 18.8. The lowest BCUT2D eigenvalue weighted by Crippen LogP contribution is -2.33. The second-order valence-electron chi connectivity index (χ2n) is 7.07. The predicted octanol–water partition coefficient (Wildman–Crippen LogP) is 3.56. The lowest BCUT2D eigenvalue weighted by molar-refractivity contribution is 0.0934. The smallest absolute Gasteiger partial charge is 0.261 e. The molecule has 0 saturated carbocycles. The molecule has 0 aliphatic carbocycles. The molecule has 134 valence electrons. The van der Waals surface area contributed by atoms with E-state index in [4.69, 9.17) is 4.74 Å². The van der Waals surface area contributed by atoms with Gasteiger partial charge in [0.25, 0.3) is 11.5 Å². The zero-order valence-corrected chi connectivity index (χ0v) is 15.5. The molecule has 0 bridgehead atoms. The maximum atomic E-state index is 12.5. The standard InChI is InChI=1S/C20H26N2O3/c1-6-16(13-7-9-14(25-5)10-8-13)21-18(23)15-11-12-17(20(2,3)4)22-19(15)24/h7-12,16H,6H2,1-5H3,(H,21,23)(H,22,24)/t16-/m0/s1. The van der Waals surface area contributed by atoms with Gasteiger partial charge in [-0.3, -0.25) is 9.59 Å². The third-order valence-corrected chi connectivity index (χ3v) is 4.19. The molecule has 0 spiro atoms. The summed E-state index contributed by atoms with van der Waals surface area (Å²) in [6.07, 6.45) is 0.718. The van der Waals surface area contributed by atoms with Crippen LogP contribution in [0.3, 0.4) is 0 Å². The molecule has 0 radical (unpaired) electrons. The Morgan fingerprint density at radius 3 is 2.28 bits per heavy atom. The third kappa shape index (κ3) is 4.50. The Kier molecular flexibility index (Phi) is 5.67. The molecular weight excluding hydrogens is 316 g/mol. The van der Waals surface area contributed by atoms with Gasteiger partial charge in [-0.2, -0.15) is 0 Å². The second kappa shape index (κ2) is 7.55. The normalized spacial score (nSPS) is 12.5. The predicted molar refractivity (Wildman–Crippen MR) is 99.3 cm³/mol. The number of aromatic nitrogens is 1. The molecule has 2 rings (SSSR count). The Hall–Kier alpha value is -2.56. The van der Waals surface area contributed by atoms with Gasteiger partial charge in [0.2, 0.25) is 0 Å². The van der Waals surface area contributed by atoms with Crippen molar-refractivity contribution in [3.05, 3.63) is 63.6 Å². The molecule has 0 fully saturated rings. The van der Waals surface area contributed by atoms with Crippen molar-refractivity contribution in [2.75, 3.05) is 7.11 Å². The lowest BCUT2D eigenvalue weighted by Gasteiger charge is -2.20. The summed E-state index contributed by atoms with van der Waals surface area (Å²) in [5.74, 6) is 0.392. The van der Waals surface area contributed by atoms with Crippen molar-refractivity contribution in [1.29, 1.82) is 0 Å². The van der Waals surface area contributed by atoms with E-state index < -0.39 is 0 Å². The van der Waals surface area contributed by atoms with E-state index in [9.17, 15) is 9.59 Å². The maximum Gasteiger partial charge on any atom is 0.261 e. The molecular formula is C20H26N2O3. The topological polar surface area (TPSA) is 71.2 Å². The molecule has 25 heavy (non-hydrogen) atoms. The Morgan fingerprint density at radius 1 is 1.16 bits per heavy atom. The summed E-state index contributed by atoms with van der Waals surface area (Å²) < 4.78 is 5.15. The monoisotopic (exact) mass is 342 g/mol. The van der Waals surface area contributed by atoms with Crippen LogP contribution in [0.2, 0.25) is 0 Å². The number of benzene rings is 1. The number of methoxy groups -OCH3 is 1. The van der Waals surface area contributed by atoms with E-state index in [2.05, 4.69) is 10.3 Å². The number of aromatic amines is 1. The molecule has 1 heterocycles. The molecule has 2 aromatic rings. The Morgan fingerprint density at radius 2 is 1.80 bits per heavy atom. The van der Waals surface area contributed by atoms with Gasteiger partial charge in [-0.15, -0.1) is 0 Å². The third-order valence-electron chi connectivity index (χ3n) is 4.19. The lowest BCUT2D eigenvalue weighted by atomic mass is 9.91. The van der Waals surface area contributed by atoms with Gasteiger partial charge < -0.3 is 15.0 Å². The van der Waals surface area contributed by atoms with Crippen LogP contribution in [0.25, 0.3) is 0 Å². The van der Waals surface area contributed by atoms with Crippen molar-refractivity contribution in [1.82, 2.24) is 10.3 Å². The van der Waals surface area contributed by atoms with Crippen LogP contribution in [-0.2, 0) is 5.41 Å². The maximum absolute atomic E-state index is 12.5. The summed E-state index contributed by atoms with van der Waals surface area (Å²) in [6, 6.07) is 10.8. The highest BCUT2D eigenvalue weighted by molar-refractivity contribution is 5.94. The Labute approximate surface area is 148 Å². The number of hydrogen-bond donors (Lipinski definition) is 2. The van der Waals surface area contributed by atoms with Crippen LogP contribution in [0.15, 0.2) is 41.2 Å². The van der Waals surface area contributed by atoms with Crippen molar-refractivity contribution >= 4 is 5.91 Å². The van der Waals surface area contributed by atoms with Crippen LogP contribution in [0.1, 0.15) is 61.8 Å². The van der Waals surface area contributed by atoms with Crippen LogP contribution >= 0.6 is 0 Å². The van der Waals surface area contributed by atoms with Gasteiger partial charge in [0, 0.05) is 11.1 Å². The minimum atomic E-state index is -0.371. The number of rotatable bonds is 5. The molecule has 1 atom stereocenters. The zero-order chi connectivity index (χ0) is 18.6. The molecule has 0 saturated heterocycles. The average molecular weight is 342 g/mol. The van der Waals surface area contributed by atoms with Crippen molar-refractivity contribution in [3.8, 4) is 5.75 Å². The highest BCUT2D eigenvalue weighted by Gasteiger charge is 2.20. The number of amides is 1. The van der Waals surface area contributed by atoms with Gasteiger partial charge in [0.1, 0.15) is 11.3 Å². The summed E-state index contributed by atoms with van der Waals surface area (Å²) in [5.41, 5.74) is 1.36. The van der Waals surface area contributed by atoms with E-state index in [0.717, 1.165) is 23.4 Å². The van der Waals surface area contributed by atoms with Gasteiger partial charge in [0.05, 0.1) is 13.2 Å². The number of carbonyl (C=O) groups excluding carboxylic acids is 1. The summed E-state index contributed by atoms with van der Waals surface area (Å²) in [5, 5.41) is 2.94. The molecule has 0 aliphatic rings. The highest BCUT2D eigenvalue weighted by Crippen LogP contribution is 2.21. The van der Waals surface area contributed by atoms with E-state index in [1.807, 2.05) is 52.0 Å². The molecule has 1 amide bonds. The van der Waals surface area contributed by atoms with Crippen molar-refractivity contribution in [3.63, 3.8) is 0 Å². The summed E-state index contributed by atoms with van der Waals surface area (Å²) >= 11 is 0. The Balaban J connectivity index is 2.20. The fourth-order valence-electron chi connectivity index (χ4n) is 2.58. The van der Waals surface area contributed by atoms with E-state index in [-0.39, 0.29) is 28.5 Å². The minimum Gasteiger partial charge on any atom is -0.497 e. The quantitative estimate of drug-likeness (QED) is 0.873. The number of nitrogens with one attached hydrogen (secondary N) is 2. The fourth-order valence-corrected chi connectivity index (χ4v) is 2.58. The summed E-state index contributed by atoms with van der Waals surface area (Å²) in [4.78, 5) is 27.6. The molecule has 2 N–H and O–H groups in total. The molecule has 5 nitrogen and oxygen atoms in total. The van der Waals surface area contributed by atoms with Crippen molar-refractivity contribution in [2.24, 2.45) is 0 Å². The number of H-pyrrole nitrogens is 1. The molecule has 0 aliphatic heterocycles. The molecule has 0 unspecified atom stereocenters. The van der Waals surface area contributed by atoms with Crippen LogP contribution in [0.5, 0.6) is 5.75 Å². The fraction of sp³-hybridized carbons (Fsp3) is 0.400. The first-order valence-corrected chi connectivity index (χ1v) is 8.45. The summed E-state index contributed by atoms with van der Waals surface area (Å²) in [6.45, 7) is 8.01. The average Bonchev–Trinajstić information content (AvgIpc) is 2.58. The molecule has 1 aromatic heterocycles. The Bertz CT molecular complexity index is 786. The summed E-state index contributed by atoms with van der Waals surface area (Å²) in [7, 11) is 1.61. The van der Waals surface area contributed by atoms with Crippen LogP contribution in [-0.4, -0.2) is 18.0 Å². The van der Waals surface area contributed by atoms with Crippen molar-refractivity contribution in [2.45, 2.75) is 45.6 Å². The van der Waals surface area contributed by atoms with Crippen molar-refractivity contribution < 1.29 is 9.53 Å². The van der Waals surface area contributed by atoms with E-state index in [1.165, 1.54) is 0 Å². The number of hydrogen-bond acceptors (Lipinski definition) is 3. The molecule has 1 aromatic carbocycles.